The summed E-state index contributed by atoms with van der Waals surface area (Å²) in [7, 11) is 1.36. The Balaban J connectivity index is 1.53. The van der Waals surface area contributed by atoms with Crippen molar-refractivity contribution in [3.8, 4) is 0 Å². The minimum Gasteiger partial charge on any atom is -0.382 e. The predicted molar refractivity (Wildman–Crippen MR) is 134 cm³/mol. The summed E-state index contributed by atoms with van der Waals surface area (Å²) in [5, 5.41) is 14.5. The standard InChI is InChI=1S/C24H29ClF3N7O5/c1-12-19(34-40-33-12)21(36)32-20(13-3-5-15(25)6-4-13)22(37)31-18-9-14(7-8-29-18)16(11-39-2)35-10-17(24(26,27)28)30-23(35)38/h7-9,13,15-17,20H,3-6,10-11H2,1-2H3,(H,30,38)(H,32,36)(H,29,31,37)/t13?,15?,16-,17+,20-/m1/s1. The van der Waals surface area contributed by atoms with E-state index in [4.69, 9.17) is 16.3 Å². The van der Waals surface area contributed by atoms with Crippen molar-refractivity contribution in [3.05, 3.63) is 35.3 Å². The van der Waals surface area contributed by atoms with Crippen LogP contribution in [0.4, 0.5) is 23.8 Å². The highest BCUT2D eigenvalue weighted by Gasteiger charge is 2.48. The first kappa shape index (κ1) is 29.5. The molecule has 4 amide bonds. The summed E-state index contributed by atoms with van der Waals surface area (Å²) in [6, 6.07) is -1.78. The lowest BCUT2D eigenvalue weighted by Crippen LogP contribution is -2.49. The first-order valence-corrected chi connectivity index (χ1v) is 13.0. The molecule has 2 aromatic heterocycles. The maximum Gasteiger partial charge on any atom is 0.410 e. The van der Waals surface area contributed by atoms with E-state index in [2.05, 4.69) is 30.6 Å². The van der Waals surface area contributed by atoms with Gasteiger partial charge in [-0.25, -0.2) is 14.4 Å². The van der Waals surface area contributed by atoms with Gasteiger partial charge in [-0.2, -0.15) is 13.2 Å². The second-order valence-corrected chi connectivity index (χ2v) is 10.4. The van der Waals surface area contributed by atoms with Gasteiger partial charge in [-0.05, 0) is 61.4 Å². The third-order valence-corrected chi connectivity index (χ3v) is 7.50. The van der Waals surface area contributed by atoms with Crippen molar-refractivity contribution in [2.24, 2.45) is 5.92 Å². The van der Waals surface area contributed by atoms with E-state index in [9.17, 15) is 27.6 Å². The molecule has 0 unspecified atom stereocenters. The third-order valence-electron chi connectivity index (χ3n) is 7.06. The Morgan fingerprint density at radius 1 is 1.27 bits per heavy atom. The van der Waals surface area contributed by atoms with Crippen molar-refractivity contribution in [3.63, 3.8) is 0 Å². The molecular weight excluding hydrogens is 559 g/mol. The van der Waals surface area contributed by atoms with Crippen molar-refractivity contribution in [1.29, 1.82) is 0 Å². The largest absolute Gasteiger partial charge is 0.410 e. The maximum atomic E-state index is 13.5. The van der Waals surface area contributed by atoms with Crippen LogP contribution in [0.5, 0.6) is 0 Å². The molecule has 2 aromatic rings. The molecule has 1 aliphatic heterocycles. The van der Waals surface area contributed by atoms with Crippen molar-refractivity contribution in [1.82, 2.24) is 30.8 Å². The van der Waals surface area contributed by atoms with Gasteiger partial charge in [0, 0.05) is 18.7 Å². The van der Waals surface area contributed by atoms with E-state index < -0.39 is 48.7 Å². The molecule has 3 atom stereocenters. The van der Waals surface area contributed by atoms with Crippen LogP contribution in [0.3, 0.4) is 0 Å². The molecular formula is C24H29ClF3N7O5. The van der Waals surface area contributed by atoms with E-state index >= 15 is 0 Å². The van der Waals surface area contributed by atoms with Gasteiger partial charge < -0.3 is 25.6 Å². The average Bonchev–Trinajstić information content (AvgIpc) is 3.52. The fourth-order valence-electron chi connectivity index (χ4n) is 4.92. The molecule has 2 aliphatic rings. The topological polar surface area (TPSA) is 152 Å². The number of anilines is 1. The molecule has 4 rings (SSSR count). The molecule has 12 nitrogen and oxygen atoms in total. The average molecular weight is 588 g/mol. The predicted octanol–water partition coefficient (Wildman–Crippen LogP) is 2.95. The molecule has 1 saturated heterocycles. The zero-order chi connectivity index (χ0) is 29.0. The fraction of sp³-hybridized carbons (Fsp3) is 0.583. The number of amides is 4. The van der Waals surface area contributed by atoms with Crippen LogP contribution < -0.4 is 16.0 Å². The summed E-state index contributed by atoms with van der Waals surface area (Å²) >= 11 is 6.24. The van der Waals surface area contributed by atoms with Crippen molar-refractivity contribution < 1.29 is 36.9 Å². The van der Waals surface area contributed by atoms with Gasteiger partial charge in [0.1, 0.15) is 23.6 Å². The number of alkyl halides is 4. The van der Waals surface area contributed by atoms with E-state index in [0.717, 1.165) is 4.90 Å². The zero-order valence-electron chi connectivity index (χ0n) is 21.7. The van der Waals surface area contributed by atoms with Crippen LogP contribution >= 0.6 is 11.6 Å². The molecule has 1 aliphatic carbocycles. The second kappa shape index (κ2) is 12.4. The SMILES string of the molecule is COC[C@H](c1ccnc(NC(=O)[C@H](NC(=O)c2nonc2C)C2CCC(Cl)CC2)c1)N1C[C@@H](C(F)(F)F)NC1=O. The molecule has 2 fully saturated rings. The van der Waals surface area contributed by atoms with Gasteiger partial charge in [0.15, 0.2) is 5.69 Å². The second-order valence-electron chi connectivity index (χ2n) is 9.79. The minimum atomic E-state index is -4.61. The summed E-state index contributed by atoms with van der Waals surface area (Å²) in [4.78, 5) is 43.9. The highest BCUT2D eigenvalue weighted by atomic mass is 35.5. The highest BCUT2D eigenvalue weighted by molar-refractivity contribution is 6.20. The highest BCUT2D eigenvalue weighted by Crippen LogP contribution is 2.32. The Labute approximate surface area is 232 Å². The normalized spacial score (nSPS) is 22.9. The van der Waals surface area contributed by atoms with Crippen LogP contribution in [0.25, 0.3) is 0 Å². The summed E-state index contributed by atoms with van der Waals surface area (Å²) in [5.74, 6) is -1.33. The molecule has 3 N–H and O–H groups in total. The number of aromatic nitrogens is 3. The van der Waals surface area contributed by atoms with Crippen LogP contribution in [-0.2, 0) is 9.53 Å². The number of hydrogen-bond acceptors (Lipinski definition) is 8. The van der Waals surface area contributed by atoms with E-state index in [0.29, 0.717) is 31.2 Å². The molecule has 1 saturated carbocycles. The Kier molecular flexibility index (Phi) is 9.13. The lowest BCUT2D eigenvalue weighted by Gasteiger charge is -2.31. The number of aryl methyl sites for hydroxylation is 1. The van der Waals surface area contributed by atoms with Crippen LogP contribution in [0.1, 0.15) is 53.5 Å². The zero-order valence-corrected chi connectivity index (χ0v) is 22.5. The van der Waals surface area contributed by atoms with Gasteiger partial charge in [0.2, 0.25) is 5.91 Å². The van der Waals surface area contributed by atoms with Gasteiger partial charge in [-0.3, -0.25) is 9.59 Å². The van der Waals surface area contributed by atoms with Gasteiger partial charge in [0.25, 0.3) is 5.91 Å². The van der Waals surface area contributed by atoms with Crippen LogP contribution in [0.2, 0.25) is 0 Å². The summed E-state index contributed by atoms with van der Waals surface area (Å²) in [5.41, 5.74) is 0.614. The van der Waals surface area contributed by atoms with E-state index in [-0.39, 0.29) is 35.1 Å². The van der Waals surface area contributed by atoms with Crippen molar-refractivity contribution in [2.45, 2.75) is 62.3 Å². The van der Waals surface area contributed by atoms with Gasteiger partial charge >= 0.3 is 12.2 Å². The molecule has 0 bridgehead atoms. The van der Waals surface area contributed by atoms with Crippen molar-refractivity contribution in [2.75, 3.05) is 25.6 Å². The van der Waals surface area contributed by atoms with Crippen LogP contribution in [0.15, 0.2) is 23.0 Å². The van der Waals surface area contributed by atoms with Crippen molar-refractivity contribution >= 4 is 35.3 Å². The number of pyridine rings is 1. The summed E-state index contributed by atoms with van der Waals surface area (Å²) in [6.07, 6.45) is -0.728. The van der Waals surface area contributed by atoms with Gasteiger partial charge in [0.05, 0.1) is 19.2 Å². The third kappa shape index (κ3) is 6.81. The number of nitrogens with one attached hydrogen (secondary N) is 3. The number of nitrogens with zero attached hydrogens (tertiary/aromatic N) is 4. The number of ether oxygens (including phenoxy) is 1. The van der Waals surface area contributed by atoms with E-state index in [1.807, 2.05) is 5.32 Å². The summed E-state index contributed by atoms with van der Waals surface area (Å²) < 4.78 is 49.5. The minimum absolute atomic E-state index is 0.0200. The van der Waals surface area contributed by atoms with E-state index in [1.54, 1.807) is 6.92 Å². The Hall–Kier alpha value is -3.46. The Bertz CT molecular complexity index is 1220. The Morgan fingerprint density at radius 3 is 2.60 bits per heavy atom. The van der Waals surface area contributed by atoms with Gasteiger partial charge in [-0.15, -0.1) is 11.6 Å². The van der Waals surface area contributed by atoms with Crippen LogP contribution in [-0.4, -0.2) is 81.9 Å². The number of carbonyl (C=O) groups is 3. The van der Waals surface area contributed by atoms with E-state index in [1.165, 1.54) is 25.4 Å². The first-order chi connectivity index (χ1) is 19.0. The number of carbonyl (C=O) groups excluding carboxylic acids is 3. The number of halogens is 4. The quantitative estimate of drug-likeness (QED) is 0.379. The molecule has 40 heavy (non-hydrogen) atoms. The smallest absolute Gasteiger partial charge is 0.382 e. The summed E-state index contributed by atoms with van der Waals surface area (Å²) in [6.45, 7) is 0.845. The van der Waals surface area contributed by atoms with Gasteiger partial charge in [-0.1, -0.05) is 5.16 Å². The maximum absolute atomic E-state index is 13.5. The molecule has 0 spiro atoms. The lowest BCUT2D eigenvalue weighted by atomic mass is 9.83. The number of methoxy groups -OCH3 is 1. The fourth-order valence-corrected chi connectivity index (χ4v) is 5.17. The number of urea groups is 1. The van der Waals surface area contributed by atoms with Crippen LogP contribution in [0, 0.1) is 12.8 Å². The molecule has 16 heteroatoms. The lowest BCUT2D eigenvalue weighted by molar-refractivity contribution is -0.150. The Morgan fingerprint density at radius 2 is 2.00 bits per heavy atom. The molecule has 0 aromatic carbocycles. The molecule has 0 radical (unpaired) electrons. The number of rotatable bonds is 9. The molecule has 218 valence electrons. The first-order valence-electron chi connectivity index (χ1n) is 12.6. The monoisotopic (exact) mass is 587 g/mol. The molecule has 3 heterocycles. The number of hydrogen-bond donors (Lipinski definition) is 3.